The zero-order valence-electron chi connectivity index (χ0n) is 15.8. The number of carbonyl (C=O) groups excluding carboxylic acids is 1. The normalized spacial score (nSPS) is 12.4. The number of rotatable bonds is 6. The van der Waals surface area contributed by atoms with Crippen molar-refractivity contribution in [1.29, 1.82) is 0 Å². The molecular formula is C21H12F6O3S2. The van der Waals surface area contributed by atoms with Crippen molar-refractivity contribution in [2.75, 3.05) is 0 Å². The van der Waals surface area contributed by atoms with Crippen LogP contribution in [-0.4, -0.2) is 5.78 Å². The van der Waals surface area contributed by atoms with Crippen LogP contribution in [0.25, 0.3) is 0 Å². The summed E-state index contributed by atoms with van der Waals surface area (Å²) in [6.07, 6.45) is -8.91. The van der Waals surface area contributed by atoms with Crippen LogP contribution < -0.4 is 0 Å². The first kappa shape index (κ1) is 22.4. The summed E-state index contributed by atoms with van der Waals surface area (Å²) in [7, 11) is 0. The summed E-state index contributed by atoms with van der Waals surface area (Å²) >= 11 is 2.31. The molecule has 0 aromatic carbocycles. The van der Waals surface area contributed by atoms with Gasteiger partial charge in [0.1, 0.15) is 11.5 Å². The van der Waals surface area contributed by atoms with Gasteiger partial charge in [-0.25, -0.2) is 0 Å². The Balaban J connectivity index is 1.42. The van der Waals surface area contributed by atoms with Crippen LogP contribution in [0.15, 0.2) is 56.0 Å². The van der Waals surface area contributed by atoms with E-state index in [0.717, 1.165) is 34.8 Å². The molecule has 0 aliphatic carbocycles. The highest BCUT2D eigenvalue weighted by atomic mass is 32.1. The third-order valence-corrected chi connectivity index (χ3v) is 6.35. The Hall–Kier alpha value is -2.79. The summed E-state index contributed by atoms with van der Waals surface area (Å²) < 4.78 is 85.5. The van der Waals surface area contributed by atoms with Gasteiger partial charge in [0.2, 0.25) is 17.3 Å². The molecule has 4 aromatic heterocycles. The maximum atomic E-state index is 12.7. The van der Waals surface area contributed by atoms with Crippen molar-refractivity contribution in [3.8, 4) is 0 Å². The lowest BCUT2D eigenvalue weighted by atomic mass is 10.1. The SMILES string of the molecule is O=C(c1cc(Cc2ccc(C(F)(F)F)o2)cs1)c1cc(Cc2ccc(C(F)(F)F)o2)cs1. The van der Waals surface area contributed by atoms with Crippen molar-refractivity contribution < 1.29 is 40.0 Å². The topological polar surface area (TPSA) is 43.4 Å². The molecule has 32 heavy (non-hydrogen) atoms. The monoisotopic (exact) mass is 490 g/mol. The summed E-state index contributed by atoms with van der Waals surface area (Å²) in [5.74, 6) is -2.18. The predicted octanol–water partition coefficient (Wildman–Crippen LogP) is 7.45. The van der Waals surface area contributed by atoms with E-state index >= 15 is 0 Å². The van der Waals surface area contributed by atoms with Crippen LogP contribution in [0, 0.1) is 0 Å². The van der Waals surface area contributed by atoms with Gasteiger partial charge in [0.25, 0.3) is 0 Å². The zero-order valence-corrected chi connectivity index (χ0v) is 17.5. The average molecular weight is 490 g/mol. The molecule has 0 saturated heterocycles. The molecule has 0 radical (unpaired) electrons. The molecule has 168 valence electrons. The van der Waals surface area contributed by atoms with Crippen molar-refractivity contribution in [3.63, 3.8) is 0 Å². The predicted molar refractivity (Wildman–Crippen MR) is 105 cm³/mol. The van der Waals surface area contributed by atoms with Gasteiger partial charge < -0.3 is 8.83 Å². The van der Waals surface area contributed by atoms with Gasteiger partial charge in [-0.05, 0) is 58.3 Å². The van der Waals surface area contributed by atoms with Crippen LogP contribution in [0.1, 0.15) is 48.7 Å². The molecule has 11 heteroatoms. The van der Waals surface area contributed by atoms with Crippen molar-refractivity contribution in [2.45, 2.75) is 25.2 Å². The fourth-order valence-electron chi connectivity index (χ4n) is 2.95. The Morgan fingerprint density at radius 1 is 0.719 bits per heavy atom. The molecule has 3 nitrogen and oxygen atoms in total. The van der Waals surface area contributed by atoms with Gasteiger partial charge in [-0.1, -0.05) is 0 Å². The Morgan fingerprint density at radius 3 is 1.47 bits per heavy atom. The van der Waals surface area contributed by atoms with E-state index in [1.807, 2.05) is 0 Å². The lowest BCUT2D eigenvalue weighted by Crippen LogP contribution is -2.02. The zero-order chi connectivity index (χ0) is 23.1. The Kier molecular flexibility index (Phi) is 5.80. The second-order valence-corrected chi connectivity index (χ2v) is 8.67. The third kappa shape index (κ3) is 4.99. The molecule has 4 aromatic rings. The number of halogens is 6. The van der Waals surface area contributed by atoms with Crippen LogP contribution in [0.2, 0.25) is 0 Å². The molecule has 0 fully saturated rings. The number of furan rings is 2. The first-order valence-corrected chi connectivity index (χ1v) is 10.8. The number of thiophene rings is 2. The van der Waals surface area contributed by atoms with E-state index in [9.17, 15) is 31.1 Å². The van der Waals surface area contributed by atoms with E-state index in [1.165, 1.54) is 12.1 Å². The Bertz CT molecular complexity index is 1140. The van der Waals surface area contributed by atoms with E-state index in [1.54, 1.807) is 22.9 Å². The minimum Gasteiger partial charge on any atom is -0.456 e. The lowest BCUT2D eigenvalue weighted by Gasteiger charge is -2.00. The smallest absolute Gasteiger partial charge is 0.449 e. The number of hydrogen-bond donors (Lipinski definition) is 0. The summed E-state index contributed by atoms with van der Waals surface area (Å²) in [5.41, 5.74) is 1.27. The van der Waals surface area contributed by atoms with Gasteiger partial charge in [0.05, 0.1) is 9.75 Å². The van der Waals surface area contributed by atoms with E-state index in [4.69, 9.17) is 8.83 Å². The molecule has 0 spiro atoms. The van der Waals surface area contributed by atoms with Gasteiger partial charge in [-0.3, -0.25) is 4.79 Å². The van der Waals surface area contributed by atoms with Crippen molar-refractivity contribution >= 4 is 28.5 Å². The lowest BCUT2D eigenvalue weighted by molar-refractivity contribution is -0.154. The second kappa shape index (κ2) is 8.28. The minimum absolute atomic E-state index is 0.107. The maximum absolute atomic E-state index is 12.7. The fourth-order valence-corrected chi connectivity index (χ4v) is 4.75. The fraction of sp³-hybridized carbons (Fsp3) is 0.190. The number of carbonyl (C=O) groups is 1. The van der Waals surface area contributed by atoms with Crippen LogP contribution in [-0.2, 0) is 25.2 Å². The quantitative estimate of drug-likeness (QED) is 0.208. The van der Waals surface area contributed by atoms with E-state index in [-0.39, 0.29) is 30.1 Å². The molecule has 4 heterocycles. The minimum atomic E-state index is -4.56. The Labute approximate surface area is 184 Å². The Morgan fingerprint density at radius 2 is 1.12 bits per heavy atom. The largest absolute Gasteiger partial charge is 0.456 e. The standard InChI is InChI=1S/C21H12F6O3S2/c22-20(23,24)17-3-1-13(29-17)5-11-7-15(31-9-11)19(28)16-8-12(10-32-16)6-14-2-4-18(30-14)21(25,26)27/h1-4,7-10H,5-6H2. The molecule has 0 N–H and O–H groups in total. The maximum Gasteiger partial charge on any atom is 0.449 e. The highest BCUT2D eigenvalue weighted by molar-refractivity contribution is 7.15. The molecule has 4 rings (SSSR count). The van der Waals surface area contributed by atoms with Crippen LogP contribution in [0.3, 0.4) is 0 Å². The molecule has 0 atom stereocenters. The molecule has 0 bridgehead atoms. The van der Waals surface area contributed by atoms with Crippen molar-refractivity contribution in [3.05, 3.63) is 91.1 Å². The third-order valence-electron chi connectivity index (χ3n) is 4.39. The summed E-state index contributed by atoms with van der Waals surface area (Å²) in [5, 5.41) is 3.33. The molecule has 0 aliphatic rings. The van der Waals surface area contributed by atoms with Gasteiger partial charge in [0, 0.05) is 12.8 Å². The van der Waals surface area contributed by atoms with E-state index < -0.39 is 23.9 Å². The summed E-state index contributed by atoms with van der Waals surface area (Å²) in [4.78, 5) is 13.5. The average Bonchev–Trinajstić information content (AvgIpc) is 3.48. The van der Waals surface area contributed by atoms with Crippen molar-refractivity contribution in [1.82, 2.24) is 0 Å². The second-order valence-electron chi connectivity index (χ2n) is 6.85. The number of ketones is 1. The number of hydrogen-bond acceptors (Lipinski definition) is 5. The van der Waals surface area contributed by atoms with Gasteiger partial charge >= 0.3 is 12.4 Å². The summed E-state index contributed by atoms with van der Waals surface area (Å²) in [6.45, 7) is 0. The number of alkyl halides is 6. The highest BCUT2D eigenvalue weighted by Gasteiger charge is 2.35. The molecular weight excluding hydrogens is 478 g/mol. The van der Waals surface area contributed by atoms with Gasteiger partial charge in [-0.15, -0.1) is 22.7 Å². The first-order valence-electron chi connectivity index (χ1n) is 9.00. The van der Waals surface area contributed by atoms with E-state index in [2.05, 4.69) is 0 Å². The van der Waals surface area contributed by atoms with Gasteiger partial charge in [-0.2, -0.15) is 26.3 Å². The molecule has 0 unspecified atom stereocenters. The van der Waals surface area contributed by atoms with Crippen LogP contribution in [0.5, 0.6) is 0 Å². The van der Waals surface area contributed by atoms with Crippen molar-refractivity contribution in [2.24, 2.45) is 0 Å². The van der Waals surface area contributed by atoms with Gasteiger partial charge in [0.15, 0.2) is 0 Å². The molecule has 0 saturated carbocycles. The van der Waals surface area contributed by atoms with Crippen LogP contribution in [0.4, 0.5) is 26.3 Å². The summed E-state index contributed by atoms with van der Waals surface area (Å²) in [6, 6.07) is 7.38. The van der Waals surface area contributed by atoms with E-state index in [0.29, 0.717) is 20.9 Å². The molecule has 0 aliphatic heterocycles. The molecule has 0 amide bonds. The van der Waals surface area contributed by atoms with Crippen LogP contribution >= 0.6 is 22.7 Å². The first-order chi connectivity index (χ1) is 15.0. The highest BCUT2D eigenvalue weighted by Crippen LogP contribution is 2.33.